The molecule has 0 saturated carbocycles. The Balaban J connectivity index is 2.58. The molecule has 1 saturated heterocycles. The van der Waals surface area contributed by atoms with Crippen LogP contribution in [0.5, 0.6) is 0 Å². The van der Waals surface area contributed by atoms with Crippen molar-refractivity contribution in [2.45, 2.75) is 45.6 Å². The van der Waals surface area contributed by atoms with Gasteiger partial charge in [-0.25, -0.2) is 4.79 Å². The molecule has 0 N–H and O–H groups in total. The van der Waals surface area contributed by atoms with Crippen LogP contribution >= 0.6 is 0 Å². The molecule has 0 aliphatic carbocycles. The van der Waals surface area contributed by atoms with Crippen molar-refractivity contribution in [2.75, 3.05) is 13.2 Å². The fourth-order valence-corrected chi connectivity index (χ4v) is 2.05. The van der Waals surface area contributed by atoms with Crippen LogP contribution in [0.15, 0.2) is 12.2 Å². The molecule has 1 fully saturated rings. The van der Waals surface area contributed by atoms with Crippen molar-refractivity contribution >= 4 is 5.97 Å². The minimum atomic E-state index is -0.321. The number of carbonyl (C=O) groups is 1. The van der Waals surface area contributed by atoms with Gasteiger partial charge in [0.15, 0.2) is 0 Å². The molecule has 0 aromatic carbocycles. The second kappa shape index (κ2) is 5.48. The van der Waals surface area contributed by atoms with E-state index >= 15 is 0 Å². The van der Waals surface area contributed by atoms with E-state index in [2.05, 4.69) is 20.4 Å². The highest BCUT2D eigenvalue weighted by molar-refractivity contribution is 5.86. The van der Waals surface area contributed by atoms with Crippen molar-refractivity contribution in [3.8, 4) is 0 Å². The third-order valence-electron chi connectivity index (χ3n) is 3.44. The summed E-state index contributed by atoms with van der Waals surface area (Å²) in [7, 11) is 0. The van der Waals surface area contributed by atoms with Gasteiger partial charge >= 0.3 is 5.97 Å². The maximum atomic E-state index is 11.4. The fourth-order valence-electron chi connectivity index (χ4n) is 2.05. The van der Waals surface area contributed by atoms with Crippen LogP contribution in [0.2, 0.25) is 0 Å². The number of hydrogen-bond acceptors (Lipinski definition) is 3. The molecule has 1 heterocycles. The standard InChI is InChI=1S/C13H22O3/c1-5-11(4)13(7-6-8-16-13)9-15-12(14)10(2)3/h11H,2,5-9H2,1,3-4H3. The van der Waals surface area contributed by atoms with Gasteiger partial charge in [0.05, 0.1) is 0 Å². The highest BCUT2D eigenvalue weighted by Gasteiger charge is 2.40. The number of hydrogen-bond donors (Lipinski definition) is 0. The van der Waals surface area contributed by atoms with E-state index in [1.54, 1.807) is 6.92 Å². The smallest absolute Gasteiger partial charge is 0.333 e. The molecule has 2 atom stereocenters. The average molecular weight is 226 g/mol. The van der Waals surface area contributed by atoms with E-state index < -0.39 is 0 Å². The van der Waals surface area contributed by atoms with Crippen molar-refractivity contribution in [1.29, 1.82) is 0 Å². The molecule has 3 nitrogen and oxygen atoms in total. The number of rotatable bonds is 5. The SMILES string of the molecule is C=C(C)C(=O)OCC1(C(C)CC)CCCO1. The fraction of sp³-hybridized carbons (Fsp3) is 0.769. The third-order valence-corrected chi connectivity index (χ3v) is 3.44. The van der Waals surface area contributed by atoms with Crippen LogP contribution in [-0.2, 0) is 14.3 Å². The van der Waals surface area contributed by atoms with E-state index in [9.17, 15) is 4.79 Å². The van der Waals surface area contributed by atoms with Crippen LogP contribution < -0.4 is 0 Å². The molecule has 1 rings (SSSR count). The Kier molecular flexibility index (Phi) is 4.54. The van der Waals surface area contributed by atoms with E-state index in [0.717, 1.165) is 25.9 Å². The summed E-state index contributed by atoms with van der Waals surface area (Å²) in [6, 6.07) is 0. The lowest BCUT2D eigenvalue weighted by atomic mass is 9.85. The minimum absolute atomic E-state index is 0.264. The first-order valence-electron chi connectivity index (χ1n) is 5.98. The first-order valence-corrected chi connectivity index (χ1v) is 5.98. The van der Waals surface area contributed by atoms with Gasteiger partial charge in [0, 0.05) is 12.2 Å². The number of carbonyl (C=O) groups excluding carboxylic acids is 1. The monoisotopic (exact) mass is 226 g/mol. The van der Waals surface area contributed by atoms with Gasteiger partial charge in [0.1, 0.15) is 12.2 Å². The largest absolute Gasteiger partial charge is 0.459 e. The molecule has 92 valence electrons. The summed E-state index contributed by atoms with van der Waals surface area (Å²) in [6.45, 7) is 10.6. The van der Waals surface area contributed by atoms with E-state index in [0.29, 0.717) is 18.1 Å². The minimum Gasteiger partial charge on any atom is -0.459 e. The molecular weight excluding hydrogens is 204 g/mol. The maximum absolute atomic E-state index is 11.4. The Morgan fingerprint density at radius 3 is 2.75 bits per heavy atom. The topological polar surface area (TPSA) is 35.5 Å². The first-order chi connectivity index (χ1) is 7.52. The molecule has 0 aromatic heterocycles. The van der Waals surface area contributed by atoms with Gasteiger partial charge in [0.25, 0.3) is 0 Å². The van der Waals surface area contributed by atoms with Crippen LogP contribution in [-0.4, -0.2) is 24.8 Å². The van der Waals surface area contributed by atoms with E-state index in [1.807, 2.05) is 0 Å². The number of esters is 1. The summed E-state index contributed by atoms with van der Waals surface area (Å²) in [5.74, 6) is 0.0890. The van der Waals surface area contributed by atoms with Gasteiger partial charge in [-0.2, -0.15) is 0 Å². The normalized spacial score (nSPS) is 26.4. The second-order valence-corrected chi connectivity index (χ2v) is 4.68. The summed E-state index contributed by atoms with van der Waals surface area (Å²) < 4.78 is 11.1. The lowest BCUT2D eigenvalue weighted by Gasteiger charge is -2.33. The lowest BCUT2D eigenvalue weighted by molar-refractivity contribution is -0.152. The second-order valence-electron chi connectivity index (χ2n) is 4.68. The lowest BCUT2D eigenvalue weighted by Crippen LogP contribution is -2.41. The van der Waals surface area contributed by atoms with Crippen molar-refractivity contribution < 1.29 is 14.3 Å². The van der Waals surface area contributed by atoms with Gasteiger partial charge in [-0.05, 0) is 25.7 Å². The first kappa shape index (κ1) is 13.2. The zero-order chi connectivity index (χ0) is 12.2. The summed E-state index contributed by atoms with van der Waals surface area (Å²) in [4.78, 5) is 11.4. The molecule has 0 spiro atoms. The third kappa shape index (κ3) is 2.85. The Morgan fingerprint density at radius 2 is 2.31 bits per heavy atom. The van der Waals surface area contributed by atoms with Crippen LogP contribution in [0.3, 0.4) is 0 Å². The van der Waals surface area contributed by atoms with Crippen LogP contribution in [0.4, 0.5) is 0 Å². The van der Waals surface area contributed by atoms with Crippen molar-refractivity contribution in [1.82, 2.24) is 0 Å². The Labute approximate surface area is 97.8 Å². The van der Waals surface area contributed by atoms with Crippen molar-refractivity contribution in [2.24, 2.45) is 5.92 Å². The molecule has 0 bridgehead atoms. The quantitative estimate of drug-likeness (QED) is 0.534. The highest BCUT2D eigenvalue weighted by Crippen LogP contribution is 2.35. The molecule has 2 unspecified atom stereocenters. The molecule has 16 heavy (non-hydrogen) atoms. The van der Waals surface area contributed by atoms with E-state index in [1.165, 1.54) is 0 Å². The van der Waals surface area contributed by atoms with Crippen LogP contribution in [0, 0.1) is 5.92 Å². The molecule has 1 aliphatic rings. The van der Waals surface area contributed by atoms with E-state index in [-0.39, 0.29) is 11.6 Å². The molecule has 3 heteroatoms. The van der Waals surface area contributed by atoms with Crippen molar-refractivity contribution in [3.63, 3.8) is 0 Å². The summed E-state index contributed by atoms with van der Waals surface area (Å²) in [5, 5.41) is 0. The molecule has 1 aliphatic heterocycles. The Hall–Kier alpha value is -0.830. The van der Waals surface area contributed by atoms with Crippen LogP contribution in [0.25, 0.3) is 0 Å². The summed E-state index contributed by atoms with van der Waals surface area (Å²) in [5.41, 5.74) is 0.178. The van der Waals surface area contributed by atoms with Gasteiger partial charge < -0.3 is 9.47 Å². The maximum Gasteiger partial charge on any atom is 0.333 e. The van der Waals surface area contributed by atoms with Crippen LogP contribution in [0.1, 0.15) is 40.0 Å². The average Bonchev–Trinajstić information content (AvgIpc) is 2.74. The summed E-state index contributed by atoms with van der Waals surface area (Å²) >= 11 is 0. The Morgan fingerprint density at radius 1 is 1.62 bits per heavy atom. The zero-order valence-electron chi connectivity index (χ0n) is 10.5. The molecular formula is C13H22O3. The summed E-state index contributed by atoms with van der Waals surface area (Å²) in [6.07, 6.45) is 3.06. The Bertz CT molecular complexity index is 264. The zero-order valence-corrected chi connectivity index (χ0v) is 10.5. The van der Waals surface area contributed by atoms with E-state index in [4.69, 9.17) is 9.47 Å². The predicted molar refractivity (Wildman–Crippen MR) is 63.1 cm³/mol. The molecule has 0 aromatic rings. The van der Waals surface area contributed by atoms with Crippen molar-refractivity contribution in [3.05, 3.63) is 12.2 Å². The molecule has 0 amide bonds. The highest BCUT2D eigenvalue weighted by atomic mass is 16.6. The number of ether oxygens (including phenoxy) is 2. The molecule has 0 radical (unpaired) electrons. The van der Waals surface area contributed by atoms with Gasteiger partial charge in [-0.15, -0.1) is 0 Å². The predicted octanol–water partition coefficient (Wildman–Crippen LogP) is 2.70. The van der Waals surface area contributed by atoms with Gasteiger partial charge in [-0.3, -0.25) is 0 Å². The van der Waals surface area contributed by atoms with Gasteiger partial charge in [-0.1, -0.05) is 26.8 Å². The van der Waals surface area contributed by atoms with Gasteiger partial charge in [0.2, 0.25) is 0 Å².